The van der Waals surface area contributed by atoms with E-state index in [4.69, 9.17) is 5.84 Å². The molecule has 1 rings (SSSR count). The van der Waals surface area contributed by atoms with Crippen molar-refractivity contribution in [1.82, 2.24) is 5.43 Å². The highest BCUT2D eigenvalue weighted by atomic mass is 32.2. The average molecular weight is 198 g/mol. The monoisotopic (exact) mass is 198 g/mol. The van der Waals surface area contributed by atoms with E-state index in [1.807, 2.05) is 18.7 Å². The number of nitrogens with two attached hydrogens (primary N) is 1. The first kappa shape index (κ1) is 10.9. The summed E-state index contributed by atoms with van der Waals surface area (Å²) >= 11 is 2.04. The summed E-state index contributed by atoms with van der Waals surface area (Å²) in [5.74, 6) is 12.8. The first-order valence-corrected chi connectivity index (χ1v) is 5.90. The lowest BCUT2D eigenvalue weighted by Crippen LogP contribution is -2.41. The molecule has 2 nitrogen and oxygen atoms in total. The van der Waals surface area contributed by atoms with Crippen molar-refractivity contribution in [2.24, 2.45) is 5.84 Å². The van der Waals surface area contributed by atoms with Crippen LogP contribution in [0, 0.1) is 11.8 Å². The van der Waals surface area contributed by atoms with Gasteiger partial charge in [0, 0.05) is 17.7 Å². The molecule has 0 radical (unpaired) electrons. The lowest BCUT2D eigenvalue weighted by molar-refractivity contribution is 0.474. The fourth-order valence-corrected chi connectivity index (χ4v) is 3.07. The van der Waals surface area contributed by atoms with Crippen LogP contribution < -0.4 is 11.3 Å². The molecular weight excluding hydrogens is 180 g/mol. The van der Waals surface area contributed by atoms with Crippen molar-refractivity contribution in [1.29, 1.82) is 0 Å². The second-order valence-corrected chi connectivity index (χ2v) is 4.64. The molecule has 2 unspecified atom stereocenters. The van der Waals surface area contributed by atoms with Gasteiger partial charge < -0.3 is 0 Å². The summed E-state index contributed by atoms with van der Waals surface area (Å²) in [5.41, 5.74) is 2.91. The van der Waals surface area contributed by atoms with E-state index >= 15 is 0 Å². The largest absolute Gasteiger partial charge is 0.271 e. The third-order valence-electron chi connectivity index (χ3n) is 2.38. The molecule has 3 N–H and O–H groups in total. The van der Waals surface area contributed by atoms with Gasteiger partial charge in [-0.05, 0) is 31.9 Å². The van der Waals surface area contributed by atoms with Gasteiger partial charge in [-0.25, -0.2) is 0 Å². The number of hydrazine groups is 1. The fraction of sp³-hybridized carbons (Fsp3) is 0.800. The van der Waals surface area contributed by atoms with Crippen LogP contribution in [0.25, 0.3) is 0 Å². The van der Waals surface area contributed by atoms with E-state index < -0.39 is 0 Å². The van der Waals surface area contributed by atoms with Crippen molar-refractivity contribution < 1.29 is 0 Å². The van der Waals surface area contributed by atoms with Gasteiger partial charge in [0.25, 0.3) is 0 Å². The zero-order chi connectivity index (χ0) is 9.52. The van der Waals surface area contributed by atoms with Crippen LogP contribution in [0.3, 0.4) is 0 Å². The van der Waals surface area contributed by atoms with Crippen molar-refractivity contribution in [3.05, 3.63) is 0 Å². The third-order valence-corrected chi connectivity index (χ3v) is 3.90. The van der Waals surface area contributed by atoms with Gasteiger partial charge in [0.05, 0.1) is 0 Å². The molecule has 0 aromatic rings. The topological polar surface area (TPSA) is 38.0 Å². The van der Waals surface area contributed by atoms with Crippen LogP contribution in [-0.4, -0.2) is 17.0 Å². The number of hydrogen-bond acceptors (Lipinski definition) is 3. The van der Waals surface area contributed by atoms with Gasteiger partial charge in [-0.2, -0.15) is 11.8 Å². The Bertz CT molecular complexity index is 189. The van der Waals surface area contributed by atoms with E-state index in [1.165, 1.54) is 18.6 Å². The molecule has 1 aliphatic rings. The fourth-order valence-electron chi connectivity index (χ4n) is 1.65. The molecule has 2 atom stereocenters. The molecule has 0 amide bonds. The maximum Gasteiger partial charge on any atom is 0.0338 e. The molecule has 0 bridgehead atoms. The molecule has 13 heavy (non-hydrogen) atoms. The molecule has 0 aromatic heterocycles. The number of rotatable bonds is 4. The average Bonchev–Trinajstić information content (AvgIpc) is 2.65. The highest BCUT2D eigenvalue weighted by Crippen LogP contribution is 2.29. The Morgan fingerprint density at radius 2 is 2.54 bits per heavy atom. The Kier molecular flexibility index (Phi) is 5.29. The molecule has 1 aliphatic heterocycles. The minimum Gasteiger partial charge on any atom is -0.271 e. The van der Waals surface area contributed by atoms with E-state index in [0.29, 0.717) is 11.3 Å². The molecule has 0 saturated carbocycles. The SMILES string of the molecule is CC#CCCC(NN)C1CCCS1. The molecule has 0 spiro atoms. The minimum absolute atomic E-state index is 0.452. The Labute approximate surface area is 85.0 Å². The summed E-state index contributed by atoms with van der Waals surface area (Å²) in [6.45, 7) is 1.88. The number of hydrogen-bond donors (Lipinski definition) is 2. The Morgan fingerprint density at radius 3 is 3.08 bits per heavy atom. The molecule has 0 aliphatic carbocycles. The lowest BCUT2D eigenvalue weighted by atomic mass is 10.1. The molecule has 0 aromatic carbocycles. The maximum absolute atomic E-state index is 5.52. The van der Waals surface area contributed by atoms with Gasteiger partial charge in [-0.15, -0.1) is 11.8 Å². The van der Waals surface area contributed by atoms with Crippen molar-refractivity contribution in [3.63, 3.8) is 0 Å². The molecule has 1 saturated heterocycles. The summed E-state index contributed by atoms with van der Waals surface area (Å²) in [5, 5.41) is 0.712. The van der Waals surface area contributed by atoms with Gasteiger partial charge >= 0.3 is 0 Å². The summed E-state index contributed by atoms with van der Waals surface area (Å²) in [6.07, 6.45) is 4.68. The third kappa shape index (κ3) is 3.60. The molecule has 1 heterocycles. The van der Waals surface area contributed by atoms with Crippen molar-refractivity contribution in [2.45, 2.75) is 43.9 Å². The van der Waals surface area contributed by atoms with Gasteiger partial charge in [0.1, 0.15) is 0 Å². The predicted molar refractivity (Wildman–Crippen MR) is 59.3 cm³/mol. The Morgan fingerprint density at radius 1 is 1.69 bits per heavy atom. The summed E-state index contributed by atoms with van der Waals surface area (Å²) in [4.78, 5) is 0. The molecular formula is C10H18N2S. The van der Waals surface area contributed by atoms with Crippen molar-refractivity contribution in [2.75, 3.05) is 5.75 Å². The van der Waals surface area contributed by atoms with Crippen LogP contribution in [0.5, 0.6) is 0 Å². The summed E-state index contributed by atoms with van der Waals surface area (Å²) in [7, 11) is 0. The Hall–Kier alpha value is -0.170. The normalized spacial score (nSPS) is 23.7. The van der Waals surface area contributed by atoms with Crippen LogP contribution in [0.2, 0.25) is 0 Å². The second kappa shape index (κ2) is 6.31. The first-order chi connectivity index (χ1) is 6.38. The van der Waals surface area contributed by atoms with Gasteiger partial charge in [0.15, 0.2) is 0 Å². The van der Waals surface area contributed by atoms with Gasteiger partial charge in [-0.1, -0.05) is 0 Å². The highest BCUT2D eigenvalue weighted by molar-refractivity contribution is 8.00. The van der Waals surface area contributed by atoms with Crippen LogP contribution in [0.4, 0.5) is 0 Å². The number of thioether (sulfide) groups is 1. The van der Waals surface area contributed by atoms with Crippen LogP contribution in [0.1, 0.15) is 32.6 Å². The van der Waals surface area contributed by atoms with Gasteiger partial charge in [-0.3, -0.25) is 11.3 Å². The van der Waals surface area contributed by atoms with E-state index in [1.54, 1.807) is 0 Å². The standard InChI is InChI=1S/C10H18N2S/c1-2-3-4-6-9(12-11)10-7-5-8-13-10/h9-10,12H,4-8,11H2,1H3. The van der Waals surface area contributed by atoms with Crippen molar-refractivity contribution >= 4 is 11.8 Å². The molecule has 74 valence electrons. The smallest absolute Gasteiger partial charge is 0.0338 e. The van der Waals surface area contributed by atoms with E-state index in [9.17, 15) is 0 Å². The zero-order valence-corrected chi connectivity index (χ0v) is 8.99. The minimum atomic E-state index is 0.452. The maximum atomic E-state index is 5.52. The Balaban J connectivity index is 2.27. The van der Waals surface area contributed by atoms with Crippen molar-refractivity contribution in [3.8, 4) is 11.8 Å². The van der Waals surface area contributed by atoms with Crippen LogP contribution in [-0.2, 0) is 0 Å². The quantitative estimate of drug-likeness (QED) is 0.408. The predicted octanol–water partition coefficient (Wildman–Crippen LogP) is 1.52. The summed E-state index contributed by atoms with van der Waals surface area (Å²) < 4.78 is 0. The van der Waals surface area contributed by atoms with E-state index in [0.717, 1.165) is 12.8 Å². The van der Waals surface area contributed by atoms with Crippen LogP contribution >= 0.6 is 11.8 Å². The molecule has 1 fully saturated rings. The van der Waals surface area contributed by atoms with E-state index in [-0.39, 0.29) is 0 Å². The van der Waals surface area contributed by atoms with Crippen LogP contribution in [0.15, 0.2) is 0 Å². The highest BCUT2D eigenvalue weighted by Gasteiger charge is 2.23. The lowest BCUT2D eigenvalue weighted by Gasteiger charge is -2.20. The van der Waals surface area contributed by atoms with E-state index in [2.05, 4.69) is 17.3 Å². The summed E-state index contributed by atoms with van der Waals surface area (Å²) in [6, 6.07) is 0.452. The first-order valence-electron chi connectivity index (χ1n) is 4.86. The zero-order valence-electron chi connectivity index (χ0n) is 8.18. The van der Waals surface area contributed by atoms with Gasteiger partial charge in [0.2, 0.25) is 0 Å². The second-order valence-electron chi connectivity index (χ2n) is 3.29. The number of nitrogens with one attached hydrogen (secondary N) is 1. The molecule has 3 heteroatoms.